The number of fused-ring (bicyclic) bond motifs is 1. The van der Waals surface area contributed by atoms with Crippen LogP contribution in [0, 0.1) is 5.92 Å². The molecule has 0 radical (unpaired) electrons. The summed E-state index contributed by atoms with van der Waals surface area (Å²) in [5, 5.41) is 4.27. The third kappa shape index (κ3) is 3.09. The van der Waals surface area contributed by atoms with Crippen LogP contribution in [0.1, 0.15) is 16.8 Å². The molecule has 0 bridgehead atoms. The molecule has 3 heterocycles. The molecule has 0 aliphatic carbocycles. The average molecular weight is 334 g/mol. The molecule has 1 saturated heterocycles. The van der Waals surface area contributed by atoms with Crippen LogP contribution < -0.4 is 4.90 Å². The van der Waals surface area contributed by atoms with E-state index in [4.69, 9.17) is 0 Å². The highest BCUT2D eigenvalue weighted by atomic mass is 16.2. The molecule has 0 N–H and O–H groups in total. The predicted octanol–water partition coefficient (Wildman–Crippen LogP) is 2.93. The van der Waals surface area contributed by atoms with Crippen LogP contribution in [0.25, 0.3) is 5.52 Å². The number of anilines is 1. The highest BCUT2D eigenvalue weighted by Gasteiger charge is 2.26. The number of carbonyl (C=O) groups excluding carboxylic acids is 1. The molecule has 1 aromatic carbocycles. The molecular formula is C20H22N4O. The second-order valence-electron chi connectivity index (χ2n) is 6.71. The Labute approximate surface area is 147 Å². The quantitative estimate of drug-likeness (QED) is 0.737. The number of hydrogen-bond donors (Lipinski definition) is 0. The fourth-order valence-corrected chi connectivity index (χ4v) is 3.63. The number of benzene rings is 1. The number of aromatic nitrogens is 2. The summed E-state index contributed by atoms with van der Waals surface area (Å²) in [7, 11) is 1.89. The Balaban J connectivity index is 1.42. The second kappa shape index (κ2) is 6.59. The first kappa shape index (κ1) is 15.7. The van der Waals surface area contributed by atoms with Gasteiger partial charge in [-0.25, -0.2) is 4.52 Å². The molecule has 1 amide bonds. The second-order valence-corrected chi connectivity index (χ2v) is 6.71. The van der Waals surface area contributed by atoms with Gasteiger partial charge in [0.05, 0.1) is 17.3 Å². The molecule has 5 nitrogen and oxygen atoms in total. The van der Waals surface area contributed by atoms with E-state index in [1.165, 1.54) is 5.69 Å². The van der Waals surface area contributed by atoms with E-state index >= 15 is 0 Å². The molecule has 1 unspecified atom stereocenters. The van der Waals surface area contributed by atoms with Crippen LogP contribution in [0.15, 0.2) is 60.9 Å². The number of pyridine rings is 1. The van der Waals surface area contributed by atoms with Crippen LogP contribution in [0.2, 0.25) is 0 Å². The zero-order valence-electron chi connectivity index (χ0n) is 14.4. The summed E-state index contributed by atoms with van der Waals surface area (Å²) in [4.78, 5) is 17.1. The van der Waals surface area contributed by atoms with Crippen LogP contribution >= 0.6 is 0 Å². The fraction of sp³-hybridized carbons (Fsp3) is 0.300. The lowest BCUT2D eigenvalue weighted by Gasteiger charge is -2.22. The smallest absolute Gasteiger partial charge is 0.257 e. The van der Waals surface area contributed by atoms with Crippen molar-refractivity contribution in [1.82, 2.24) is 14.5 Å². The maximum Gasteiger partial charge on any atom is 0.257 e. The van der Waals surface area contributed by atoms with E-state index in [0.717, 1.165) is 31.6 Å². The van der Waals surface area contributed by atoms with Gasteiger partial charge in [-0.2, -0.15) is 5.10 Å². The lowest BCUT2D eigenvalue weighted by molar-refractivity contribution is 0.0778. The summed E-state index contributed by atoms with van der Waals surface area (Å²) in [6, 6.07) is 16.3. The van der Waals surface area contributed by atoms with Crippen molar-refractivity contribution in [3.63, 3.8) is 0 Å². The largest absolute Gasteiger partial charge is 0.371 e. The van der Waals surface area contributed by atoms with E-state index in [2.05, 4.69) is 34.3 Å². The summed E-state index contributed by atoms with van der Waals surface area (Å²) >= 11 is 0. The van der Waals surface area contributed by atoms with Crippen molar-refractivity contribution in [2.75, 3.05) is 31.6 Å². The maximum atomic E-state index is 12.8. The number of hydrogen-bond acceptors (Lipinski definition) is 3. The van der Waals surface area contributed by atoms with Crippen LogP contribution in [-0.2, 0) is 0 Å². The lowest BCUT2D eigenvalue weighted by atomic mass is 10.1. The predicted molar refractivity (Wildman–Crippen MR) is 98.9 cm³/mol. The van der Waals surface area contributed by atoms with Gasteiger partial charge in [0, 0.05) is 38.6 Å². The van der Waals surface area contributed by atoms with Crippen molar-refractivity contribution < 1.29 is 4.79 Å². The van der Waals surface area contributed by atoms with Gasteiger partial charge in [-0.3, -0.25) is 4.79 Å². The first-order chi connectivity index (χ1) is 12.2. The third-order valence-corrected chi connectivity index (χ3v) is 4.94. The molecular weight excluding hydrogens is 312 g/mol. The van der Waals surface area contributed by atoms with Crippen LogP contribution in [0.3, 0.4) is 0 Å². The monoisotopic (exact) mass is 334 g/mol. The number of amides is 1. The van der Waals surface area contributed by atoms with Gasteiger partial charge in [-0.05, 0) is 36.6 Å². The van der Waals surface area contributed by atoms with Crippen molar-refractivity contribution in [2.24, 2.45) is 5.92 Å². The third-order valence-electron chi connectivity index (χ3n) is 4.94. The molecule has 1 fully saturated rings. The van der Waals surface area contributed by atoms with Gasteiger partial charge in [0.2, 0.25) is 0 Å². The van der Waals surface area contributed by atoms with Crippen molar-refractivity contribution in [3.05, 3.63) is 66.5 Å². The minimum absolute atomic E-state index is 0.0411. The molecule has 1 aliphatic rings. The van der Waals surface area contributed by atoms with Gasteiger partial charge in [0.15, 0.2) is 0 Å². The van der Waals surface area contributed by atoms with E-state index in [1.807, 2.05) is 42.4 Å². The topological polar surface area (TPSA) is 40.8 Å². The van der Waals surface area contributed by atoms with Gasteiger partial charge >= 0.3 is 0 Å². The molecule has 25 heavy (non-hydrogen) atoms. The van der Waals surface area contributed by atoms with Crippen LogP contribution in [0.4, 0.5) is 5.69 Å². The first-order valence-corrected chi connectivity index (χ1v) is 8.70. The van der Waals surface area contributed by atoms with Gasteiger partial charge in [-0.15, -0.1) is 0 Å². The number of carbonyl (C=O) groups is 1. The molecule has 5 heteroatoms. The van der Waals surface area contributed by atoms with Gasteiger partial charge in [0.25, 0.3) is 5.91 Å². The average Bonchev–Trinajstić information content (AvgIpc) is 3.29. The highest BCUT2D eigenvalue weighted by Crippen LogP contribution is 2.24. The van der Waals surface area contributed by atoms with Crippen molar-refractivity contribution in [2.45, 2.75) is 6.42 Å². The summed E-state index contributed by atoms with van der Waals surface area (Å²) in [5.41, 5.74) is 2.79. The lowest BCUT2D eigenvalue weighted by Crippen LogP contribution is -2.33. The summed E-state index contributed by atoms with van der Waals surface area (Å²) in [5.74, 6) is 0.537. The normalized spacial score (nSPS) is 17.2. The number of para-hydroxylation sites is 1. The van der Waals surface area contributed by atoms with Crippen molar-refractivity contribution >= 4 is 17.1 Å². The van der Waals surface area contributed by atoms with Gasteiger partial charge in [0.1, 0.15) is 0 Å². The summed E-state index contributed by atoms with van der Waals surface area (Å²) < 4.78 is 1.74. The molecule has 4 rings (SSSR count). The minimum Gasteiger partial charge on any atom is -0.371 e. The van der Waals surface area contributed by atoms with E-state index in [-0.39, 0.29) is 5.91 Å². The highest BCUT2D eigenvalue weighted by molar-refractivity contribution is 6.00. The maximum absolute atomic E-state index is 12.8. The first-order valence-electron chi connectivity index (χ1n) is 8.70. The molecule has 2 aromatic heterocycles. The number of rotatable bonds is 4. The SMILES string of the molecule is CN(CC1CCN(c2ccccc2)C1)C(=O)c1cnn2ccccc12. The zero-order chi connectivity index (χ0) is 17.2. The van der Waals surface area contributed by atoms with Gasteiger partial charge in [-0.1, -0.05) is 24.3 Å². The van der Waals surface area contributed by atoms with Crippen LogP contribution in [0.5, 0.6) is 0 Å². The Morgan fingerprint density at radius 3 is 2.84 bits per heavy atom. The molecule has 1 atom stereocenters. The number of nitrogens with zero attached hydrogens (tertiary/aromatic N) is 4. The minimum atomic E-state index is 0.0411. The molecule has 0 saturated carbocycles. The van der Waals surface area contributed by atoms with E-state index < -0.39 is 0 Å². The van der Waals surface area contributed by atoms with Gasteiger partial charge < -0.3 is 9.80 Å². The standard InChI is InChI=1S/C20H22N4O/c1-22(20(25)18-13-21-24-11-6-5-9-19(18)24)14-16-10-12-23(15-16)17-7-3-2-4-8-17/h2-9,11,13,16H,10,12,14-15H2,1H3. The fourth-order valence-electron chi connectivity index (χ4n) is 3.63. The Morgan fingerprint density at radius 2 is 2.00 bits per heavy atom. The zero-order valence-corrected chi connectivity index (χ0v) is 14.4. The Bertz CT molecular complexity index is 874. The van der Waals surface area contributed by atoms with Crippen molar-refractivity contribution in [3.8, 4) is 0 Å². The van der Waals surface area contributed by atoms with E-state index in [0.29, 0.717) is 11.5 Å². The molecule has 3 aromatic rings. The van der Waals surface area contributed by atoms with Crippen LogP contribution in [-0.4, -0.2) is 47.1 Å². The van der Waals surface area contributed by atoms with Crippen molar-refractivity contribution in [1.29, 1.82) is 0 Å². The Morgan fingerprint density at radius 1 is 1.20 bits per heavy atom. The Kier molecular flexibility index (Phi) is 4.14. The molecule has 128 valence electrons. The molecule has 0 spiro atoms. The summed E-state index contributed by atoms with van der Waals surface area (Å²) in [6.07, 6.45) is 4.64. The molecule has 1 aliphatic heterocycles. The summed E-state index contributed by atoms with van der Waals surface area (Å²) in [6.45, 7) is 2.82. The van der Waals surface area contributed by atoms with E-state index in [1.54, 1.807) is 10.7 Å². The van der Waals surface area contributed by atoms with E-state index in [9.17, 15) is 4.79 Å². The Hall–Kier alpha value is -2.82.